The molecule has 1 aliphatic heterocycles. The average molecular weight is 280 g/mol. The van der Waals surface area contributed by atoms with Crippen LogP contribution in [0.15, 0.2) is 64.6 Å². The summed E-state index contributed by atoms with van der Waals surface area (Å²) >= 11 is 0. The molecular formula is C16H16N4O. The van der Waals surface area contributed by atoms with Gasteiger partial charge in [-0.15, -0.1) is 5.11 Å². The van der Waals surface area contributed by atoms with Gasteiger partial charge < -0.3 is 15.7 Å². The first-order valence-electron chi connectivity index (χ1n) is 6.65. The van der Waals surface area contributed by atoms with Crippen LogP contribution in [0.2, 0.25) is 0 Å². The van der Waals surface area contributed by atoms with E-state index in [2.05, 4.69) is 10.2 Å². The Morgan fingerprint density at radius 3 is 2.81 bits per heavy atom. The Morgan fingerprint density at radius 1 is 1.19 bits per heavy atom. The lowest BCUT2D eigenvalue weighted by Crippen LogP contribution is -2.12. The first-order valence-corrected chi connectivity index (χ1v) is 6.65. The lowest BCUT2D eigenvalue weighted by molar-refractivity contribution is 0.482. The van der Waals surface area contributed by atoms with Crippen LogP contribution in [-0.4, -0.2) is 23.6 Å². The number of nitrogens with two attached hydrogens (primary N) is 1. The molecule has 3 N–H and O–H groups in total. The van der Waals surface area contributed by atoms with Crippen LogP contribution < -0.4 is 5.73 Å². The molecule has 0 unspecified atom stereocenters. The summed E-state index contributed by atoms with van der Waals surface area (Å²) < 4.78 is 0. The zero-order chi connectivity index (χ0) is 14.8. The molecule has 1 aliphatic rings. The van der Waals surface area contributed by atoms with E-state index in [1.54, 1.807) is 24.3 Å². The molecule has 0 aromatic heterocycles. The molecule has 2 aromatic carbocycles. The summed E-state index contributed by atoms with van der Waals surface area (Å²) in [6.07, 6.45) is 5.84. The average Bonchev–Trinajstić information content (AvgIpc) is 2.49. The Morgan fingerprint density at radius 2 is 2.05 bits per heavy atom. The van der Waals surface area contributed by atoms with Gasteiger partial charge in [-0.3, -0.25) is 0 Å². The largest absolute Gasteiger partial charge is 0.507 e. The minimum absolute atomic E-state index is 0.154. The second kappa shape index (κ2) is 5.28. The number of anilines is 1. The molecule has 5 nitrogen and oxygen atoms in total. The predicted molar refractivity (Wildman–Crippen MR) is 84.4 cm³/mol. The van der Waals surface area contributed by atoms with Crippen LogP contribution in [0.3, 0.4) is 0 Å². The van der Waals surface area contributed by atoms with Gasteiger partial charge in [0.15, 0.2) is 0 Å². The van der Waals surface area contributed by atoms with Gasteiger partial charge in [-0.05, 0) is 30.4 Å². The number of nitrogen functional groups attached to an aromatic ring is 1. The summed E-state index contributed by atoms with van der Waals surface area (Å²) in [5.41, 5.74) is 7.95. The number of rotatable bonds is 2. The van der Waals surface area contributed by atoms with Crippen molar-refractivity contribution in [1.29, 1.82) is 0 Å². The first-order chi connectivity index (χ1) is 10.1. The highest BCUT2D eigenvalue weighted by atomic mass is 16.3. The minimum atomic E-state index is 0.154. The maximum atomic E-state index is 10.1. The molecule has 0 bridgehead atoms. The lowest BCUT2D eigenvalue weighted by atomic mass is 10.1. The molecule has 0 fully saturated rings. The SMILES string of the molecule is CN1C=CC(N=Nc2ccc(N)c3cccc(O)c23)=CC1. The Kier molecular flexibility index (Phi) is 3.31. The first kappa shape index (κ1) is 13.2. The van der Waals surface area contributed by atoms with E-state index in [1.165, 1.54) is 0 Å². The molecule has 0 spiro atoms. The minimum Gasteiger partial charge on any atom is -0.507 e. The number of nitrogens with zero attached hydrogens (tertiary/aromatic N) is 3. The molecule has 0 saturated carbocycles. The highest BCUT2D eigenvalue weighted by molar-refractivity contribution is 6.03. The van der Waals surface area contributed by atoms with Gasteiger partial charge in [-0.25, -0.2) is 0 Å². The van der Waals surface area contributed by atoms with E-state index in [4.69, 9.17) is 5.73 Å². The van der Waals surface area contributed by atoms with Gasteiger partial charge in [-0.1, -0.05) is 12.1 Å². The fourth-order valence-electron chi connectivity index (χ4n) is 2.23. The number of hydrogen-bond donors (Lipinski definition) is 2. The van der Waals surface area contributed by atoms with Gasteiger partial charge in [0.05, 0.1) is 16.8 Å². The van der Waals surface area contributed by atoms with E-state index in [0.717, 1.165) is 17.6 Å². The number of allylic oxidation sites excluding steroid dienone is 1. The number of fused-ring (bicyclic) bond motifs is 1. The molecule has 5 heteroatoms. The van der Waals surface area contributed by atoms with Gasteiger partial charge in [0, 0.05) is 30.9 Å². The van der Waals surface area contributed by atoms with Crippen molar-refractivity contribution in [2.24, 2.45) is 10.2 Å². The zero-order valence-corrected chi connectivity index (χ0v) is 11.7. The number of likely N-dealkylation sites (N-methyl/N-ethyl adjacent to an activating group) is 1. The number of hydrogen-bond acceptors (Lipinski definition) is 5. The van der Waals surface area contributed by atoms with E-state index in [1.807, 2.05) is 36.4 Å². The molecule has 3 rings (SSSR count). The zero-order valence-electron chi connectivity index (χ0n) is 11.7. The van der Waals surface area contributed by atoms with E-state index in [9.17, 15) is 5.11 Å². The summed E-state index contributed by atoms with van der Waals surface area (Å²) in [6.45, 7) is 0.804. The van der Waals surface area contributed by atoms with Crippen molar-refractivity contribution in [2.75, 3.05) is 19.3 Å². The number of azo groups is 1. The van der Waals surface area contributed by atoms with Crippen molar-refractivity contribution in [1.82, 2.24) is 4.90 Å². The van der Waals surface area contributed by atoms with Gasteiger partial charge in [-0.2, -0.15) is 5.11 Å². The van der Waals surface area contributed by atoms with Crippen LogP contribution in [0.1, 0.15) is 0 Å². The summed E-state index contributed by atoms with van der Waals surface area (Å²) in [5, 5.41) is 19.9. The summed E-state index contributed by atoms with van der Waals surface area (Å²) in [5.74, 6) is 0.154. The van der Waals surface area contributed by atoms with Crippen molar-refractivity contribution < 1.29 is 5.11 Å². The predicted octanol–water partition coefficient (Wildman–Crippen LogP) is 3.55. The van der Waals surface area contributed by atoms with Crippen LogP contribution in [-0.2, 0) is 0 Å². The highest BCUT2D eigenvalue weighted by Crippen LogP contribution is 2.36. The maximum Gasteiger partial charge on any atom is 0.125 e. The third-order valence-electron chi connectivity index (χ3n) is 3.39. The third-order valence-corrected chi connectivity index (χ3v) is 3.39. The van der Waals surface area contributed by atoms with Gasteiger partial charge in [0.1, 0.15) is 5.75 Å². The fourth-order valence-corrected chi connectivity index (χ4v) is 2.23. The topological polar surface area (TPSA) is 74.2 Å². The number of phenolic OH excluding ortho intramolecular Hbond substituents is 1. The van der Waals surface area contributed by atoms with E-state index in [0.29, 0.717) is 16.8 Å². The van der Waals surface area contributed by atoms with E-state index in [-0.39, 0.29) is 5.75 Å². The molecular weight excluding hydrogens is 264 g/mol. The monoisotopic (exact) mass is 280 g/mol. The van der Waals surface area contributed by atoms with E-state index < -0.39 is 0 Å². The Labute approximate surface area is 122 Å². The van der Waals surface area contributed by atoms with Crippen molar-refractivity contribution in [2.45, 2.75) is 0 Å². The highest BCUT2D eigenvalue weighted by Gasteiger charge is 2.08. The summed E-state index contributed by atoms with van der Waals surface area (Å²) in [4.78, 5) is 2.05. The normalized spacial score (nSPS) is 14.9. The van der Waals surface area contributed by atoms with Crippen LogP contribution in [0.5, 0.6) is 5.75 Å². The Bertz CT molecular complexity index is 777. The van der Waals surface area contributed by atoms with Crippen molar-refractivity contribution in [3.8, 4) is 5.75 Å². The van der Waals surface area contributed by atoms with Crippen LogP contribution in [0, 0.1) is 0 Å². The second-order valence-corrected chi connectivity index (χ2v) is 4.96. The molecule has 0 atom stereocenters. The Hall–Kier alpha value is -2.82. The molecule has 0 amide bonds. The quantitative estimate of drug-likeness (QED) is 0.652. The molecule has 2 aromatic rings. The van der Waals surface area contributed by atoms with Crippen LogP contribution >= 0.6 is 0 Å². The van der Waals surface area contributed by atoms with Gasteiger partial charge >= 0.3 is 0 Å². The number of benzene rings is 2. The summed E-state index contributed by atoms with van der Waals surface area (Å²) in [6, 6.07) is 8.78. The van der Waals surface area contributed by atoms with Crippen molar-refractivity contribution >= 4 is 22.1 Å². The van der Waals surface area contributed by atoms with Gasteiger partial charge in [0.25, 0.3) is 0 Å². The van der Waals surface area contributed by atoms with Gasteiger partial charge in [0.2, 0.25) is 0 Å². The lowest BCUT2D eigenvalue weighted by Gasteiger charge is -2.14. The fraction of sp³-hybridized carbons (Fsp3) is 0.125. The van der Waals surface area contributed by atoms with Crippen LogP contribution in [0.4, 0.5) is 11.4 Å². The van der Waals surface area contributed by atoms with Crippen LogP contribution in [0.25, 0.3) is 10.8 Å². The number of aromatic hydroxyl groups is 1. The van der Waals surface area contributed by atoms with Crippen molar-refractivity contribution in [3.63, 3.8) is 0 Å². The molecule has 0 radical (unpaired) electrons. The maximum absolute atomic E-state index is 10.1. The molecule has 1 heterocycles. The third kappa shape index (κ3) is 2.58. The van der Waals surface area contributed by atoms with E-state index >= 15 is 0 Å². The Balaban J connectivity index is 2.02. The molecule has 0 aliphatic carbocycles. The number of phenols is 1. The molecule has 0 saturated heterocycles. The molecule has 21 heavy (non-hydrogen) atoms. The van der Waals surface area contributed by atoms with Crippen molar-refractivity contribution in [3.05, 3.63) is 54.4 Å². The standard InChI is InChI=1S/C16H16N4O/c1-20-9-7-11(8-10-20)18-19-14-6-5-13(17)12-3-2-4-15(21)16(12)14/h2-9,21H,10,17H2,1H3. The second-order valence-electron chi connectivity index (χ2n) is 4.96. The summed E-state index contributed by atoms with van der Waals surface area (Å²) in [7, 11) is 1.99. The smallest absolute Gasteiger partial charge is 0.125 e. The molecule has 106 valence electrons.